The molecule has 0 atom stereocenters. The molecule has 0 aliphatic carbocycles. The first-order valence-corrected chi connectivity index (χ1v) is 6.70. The number of amides is 1. The van der Waals surface area contributed by atoms with Crippen molar-refractivity contribution >= 4 is 5.91 Å². The fourth-order valence-electron chi connectivity index (χ4n) is 2.30. The molecular weight excluding hydrogens is 240 g/mol. The van der Waals surface area contributed by atoms with Crippen LogP contribution in [0, 0.1) is 6.92 Å². The van der Waals surface area contributed by atoms with Crippen LogP contribution in [-0.2, 0) is 4.79 Å². The van der Waals surface area contributed by atoms with Crippen LogP contribution in [0.1, 0.15) is 19.4 Å². The topological polar surface area (TPSA) is 41.6 Å². The minimum absolute atomic E-state index is 0.0482. The Morgan fingerprint density at radius 1 is 1.37 bits per heavy atom. The fourth-order valence-corrected chi connectivity index (χ4v) is 2.30. The largest absolute Gasteiger partial charge is 0.484 e. The third-order valence-electron chi connectivity index (χ3n) is 3.48. The van der Waals surface area contributed by atoms with E-state index in [9.17, 15) is 4.79 Å². The summed E-state index contributed by atoms with van der Waals surface area (Å²) in [6.45, 7) is 8.68. The number of carbonyl (C=O) groups excluding carboxylic acids is 1. The number of aryl methyl sites for hydroxylation is 1. The summed E-state index contributed by atoms with van der Waals surface area (Å²) in [6, 6.07) is 7.75. The van der Waals surface area contributed by atoms with Gasteiger partial charge in [0.1, 0.15) is 5.75 Å². The predicted molar refractivity (Wildman–Crippen MR) is 75.3 cm³/mol. The molecule has 1 heterocycles. The van der Waals surface area contributed by atoms with Gasteiger partial charge >= 0.3 is 0 Å². The molecule has 19 heavy (non-hydrogen) atoms. The van der Waals surface area contributed by atoms with Gasteiger partial charge in [0.2, 0.25) is 0 Å². The fraction of sp³-hybridized carbons (Fsp3) is 0.533. The molecule has 1 aliphatic rings. The Hall–Kier alpha value is -1.55. The normalized spacial score (nSPS) is 18.2. The zero-order valence-corrected chi connectivity index (χ0v) is 11.9. The summed E-state index contributed by atoms with van der Waals surface area (Å²) >= 11 is 0. The van der Waals surface area contributed by atoms with Gasteiger partial charge in [-0.05, 0) is 32.9 Å². The molecule has 104 valence electrons. The number of hydrogen-bond acceptors (Lipinski definition) is 3. The number of carbonyl (C=O) groups is 1. The second kappa shape index (κ2) is 5.61. The number of nitrogens with zero attached hydrogens (tertiary/aromatic N) is 1. The monoisotopic (exact) mass is 262 g/mol. The Labute approximate surface area is 114 Å². The van der Waals surface area contributed by atoms with Crippen molar-refractivity contribution < 1.29 is 9.53 Å². The van der Waals surface area contributed by atoms with Gasteiger partial charge in [0.15, 0.2) is 6.61 Å². The Morgan fingerprint density at radius 3 is 2.68 bits per heavy atom. The van der Waals surface area contributed by atoms with Crippen molar-refractivity contribution in [1.29, 1.82) is 0 Å². The number of benzene rings is 1. The van der Waals surface area contributed by atoms with Gasteiger partial charge in [-0.15, -0.1) is 0 Å². The number of ether oxygens (including phenoxy) is 1. The third kappa shape index (κ3) is 3.47. The van der Waals surface area contributed by atoms with E-state index in [0.717, 1.165) is 25.4 Å². The average Bonchev–Trinajstić information content (AvgIpc) is 2.37. The van der Waals surface area contributed by atoms with Gasteiger partial charge in [0, 0.05) is 25.2 Å². The summed E-state index contributed by atoms with van der Waals surface area (Å²) in [5.74, 6) is 0.791. The molecule has 1 amide bonds. The van der Waals surface area contributed by atoms with E-state index in [1.165, 1.54) is 5.56 Å². The molecule has 1 aromatic carbocycles. The molecule has 4 nitrogen and oxygen atoms in total. The molecule has 4 heteroatoms. The number of piperazine rings is 1. The van der Waals surface area contributed by atoms with E-state index < -0.39 is 0 Å². The first kappa shape index (κ1) is 13.9. The zero-order chi connectivity index (χ0) is 13.9. The summed E-state index contributed by atoms with van der Waals surface area (Å²) in [5.41, 5.74) is 1.04. The third-order valence-corrected chi connectivity index (χ3v) is 3.48. The summed E-state index contributed by atoms with van der Waals surface area (Å²) in [7, 11) is 0. The maximum atomic E-state index is 12.2. The maximum Gasteiger partial charge on any atom is 0.261 e. The Bertz CT molecular complexity index is 440. The minimum Gasteiger partial charge on any atom is -0.484 e. The van der Waals surface area contributed by atoms with Crippen molar-refractivity contribution in [3.8, 4) is 5.75 Å². The van der Waals surface area contributed by atoms with E-state index in [4.69, 9.17) is 4.74 Å². The maximum absolute atomic E-state index is 12.2. The van der Waals surface area contributed by atoms with Crippen LogP contribution >= 0.6 is 0 Å². The number of hydrogen-bond donors (Lipinski definition) is 1. The van der Waals surface area contributed by atoms with E-state index in [2.05, 4.69) is 19.2 Å². The molecule has 1 N–H and O–H groups in total. The molecule has 0 radical (unpaired) electrons. The highest BCUT2D eigenvalue weighted by Gasteiger charge is 2.33. The zero-order valence-electron chi connectivity index (χ0n) is 11.9. The first-order chi connectivity index (χ1) is 8.99. The predicted octanol–water partition coefficient (Wildman–Crippen LogP) is 1.58. The second-order valence-corrected chi connectivity index (χ2v) is 5.64. The van der Waals surface area contributed by atoms with E-state index in [1.807, 2.05) is 36.1 Å². The van der Waals surface area contributed by atoms with Gasteiger partial charge < -0.3 is 15.0 Å². The van der Waals surface area contributed by atoms with Crippen molar-refractivity contribution in [2.75, 3.05) is 26.2 Å². The molecule has 1 aliphatic heterocycles. The first-order valence-electron chi connectivity index (χ1n) is 6.70. The minimum atomic E-state index is -0.147. The molecule has 1 aromatic rings. The molecule has 0 spiro atoms. The van der Waals surface area contributed by atoms with Gasteiger partial charge in [-0.3, -0.25) is 4.79 Å². The van der Waals surface area contributed by atoms with Crippen LogP contribution in [0.25, 0.3) is 0 Å². The average molecular weight is 262 g/mol. The second-order valence-electron chi connectivity index (χ2n) is 5.64. The lowest BCUT2D eigenvalue weighted by Crippen LogP contribution is -2.60. The van der Waals surface area contributed by atoms with Crippen LogP contribution in [0.15, 0.2) is 24.3 Å². The van der Waals surface area contributed by atoms with Crippen LogP contribution < -0.4 is 10.1 Å². The van der Waals surface area contributed by atoms with Crippen molar-refractivity contribution in [1.82, 2.24) is 10.2 Å². The quantitative estimate of drug-likeness (QED) is 0.899. The molecule has 0 bridgehead atoms. The smallest absolute Gasteiger partial charge is 0.261 e. The van der Waals surface area contributed by atoms with Gasteiger partial charge in [-0.25, -0.2) is 0 Å². The van der Waals surface area contributed by atoms with Crippen molar-refractivity contribution in [2.24, 2.45) is 0 Å². The summed E-state index contributed by atoms with van der Waals surface area (Å²) in [6.07, 6.45) is 0. The van der Waals surface area contributed by atoms with Crippen LogP contribution in [0.4, 0.5) is 0 Å². The van der Waals surface area contributed by atoms with Crippen molar-refractivity contribution in [3.05, 3.63) is 29.8 Å². The van der Waals surface area contributed by atoms with Gasteiger partial charge in [0.05, 0.1) is 0 Å². The van der Waals surface area contributed by atoms with E-state index in [-0.39, 0.29) is 18.1 Å². The standard InChI is InChI=1S/C15H22N2O2/c1-12-4-6-13(7-5-12)19-10-14(18)17-9-8-16-11-15(17,2)3/h4-7,16H,8-11H2,1-3H3. The molecular formula is C15H22N2O2. The lowest BCUT2D eigenvalue weighted by atomic mass is 10.0. The van der Waals surface area contributed by atoms with E-state index in [1.54, 1.807) is 0 Å². The molecule has 0 saturated carbocycles. The molecule has 0 aromatic heterocycles. The van der Waals surface area contributed by atoms with E-state index in [0.29, 0.717) is 0 Å². The van der Waals surface area contributed by atoms with Crippen LogP contribution in [0.2, 0.25) is 0 Å². The highest BCUT2D eigenvalue weighted by atomic mass is 16.5. The summed E-state index contributed by atoms with van der Waals surface area (Å²) in [4.78, 5) is 14.1. The lowest BCUT2D eigenvalue weighted by molar-refractivity contribution is -0.139. The summed E-state index contributed by atoms with van der Waals surface area (Å²) in [5, 5.41) is 3.31. The summed E-state index contributed by atoms with van der Waals surface area (Å²) < 4.78 is 5.56. The van der Waals surface area contributed by atoms with Crippen molar-refractivity contribution in [3.63, 3.8) is 0 Å². The van der Waals surface area contributed by atoms with Gasteiger partial charge in [0.25, 0.3) is 5.91 Å². The molecule has 1 fully saturated rings. The Balaban J connectivity index is 1.92. The highest BCUT2D eigenvalue weighted by molar-refractivity contribution is 5.78. The lowest BCUT2D eigenvalue weighted by Gasteiger charge is -2.42. The van der Waals surface area contributed by atoms with Crippen LogP contribution in [-0.4, -0.2) is 42.6 Å². The highest BCUT2D eigenvalue weighted by Crippen LogP contribution is 2.17. The van der Waals surface area contributed by atoms with Crippen LogP contribution in [0.5, 0.6) is 5.75 Å². The molecule has 0 unspecified atom stereocenters. The molecule has 2 rings (SSSR count). The number of rotatable bonds is 3. The number of nitrogens with one attached hydrogen (secondary N) is 1. The SMILES string of the molecule is Cc1ccc(OCC(=O)N2CCNCC2(C)C)cc1. The Morgan fingerprint density at radius 2 is 2.05 bits per heavy atom. The van der Waals surface area contributed by atoms with Gasteiger partial charge in [-0.2, -0.15) is 0 Å². The van der Waals surface area contributed by atoms with E-state index >= 15 is 0 Å². The Kier molecular flexibility index (Phi) is 4.10. The molecule has 1 saturated heterocycles. The van der Waals surface area contributed by atoms with Crippen molar-refractivity contribution in [2.45, 2.75) is 26.3 Å². The van der Waals surface area contributed by atoms with Gasteiger partial charge in [-0.1, -0.05) is 17.7 Å². The van der Waals surface area contributed by atoms with Crippen LogP contribution in [0.3, 0.4) is 0 Å².